The molecule has 0 radical (unpaired) electrons. The second-order valence-electron chi connectivity index (χ2n) is 1.77. The van der Waals surface area contributed by atoms with Crippen LogP contribution in [0.25, 0.3) is 0 Å². The number of hydrogen-bond donors (Lipinski definition) is 2. The molecule has 5 heteroatoms. The molecule has 0 saturated heterocycles. The third kappa shape index (κ3) is 1.88. The van der Waals surface area contributed by atoms with Crippen molar-refractivity contribution in [3.05, 3.63) is 0 Å². The summed E-state index contributed by atoms with van der Waals surface area (Å²) in [7, 11) is 0. The summed E-state index contributed by atoms with van der Waals surface area (Å²) in [6.45, 7) is 1.59. The number of rotatable bonds is 3. The van der Waals surface area contributed by atoms with E-state index in [2.05, 4.69) is 5.16 Å². The van der Waals surface area contributed by atoms with Crippen molar-refractivity contribution < 1.29 is 15.1 Å². The van der Waals surface area contributed by atoms with E-state index in [0.29, 0.717) is 0 Å². The number of oxime groups is 1. The molecular weight excluding hydrogens is 158 g/mol. The average Bonchev–Trinajstić information content (AvgIpc) is 1.88. The number of carboxylic acid groups (broad SMARTS) is 1. The fourth-order valence-electron chi connectivity index (χ4n) is 0.389. The molecule has 4 nitrogen and oxygen atoms in total. The van der Waals surface area contributed by atoms with Crippen LogP contribution < -0.4 is 0 Å². The molecule has 2 N–H and O–H groups in total. The van der Waals surface area contributed by atoms with Crippen molar-refractivity contribution in [3.8, 4) is 0 Å². The van der Waals surface area contributed by atoms with Gasteiger partial charge in [-0.15, -0.1) is 11.6 Å². The second-order valence-corrected chi connectivity index (χ2v) is 2.44. The van der Waals surface area contributed by atoms with Gasteiger partial charge in [0.15, 0.2) is 4.87 Å². The number of aliphatic carboxylic acids is 1. The normalized spacial score (nSPS) is 17.0. The molecule has 0 rings (SSSR count). The van der Waals surface area contributed by atoms with E-state index in [1.54, 1.807) is 6.92 Å². The Kier molecular flexibility index (Phi) is 3.15. The van der Waals surface area contributed by atoms with Gasteiger partial charge in [0.2, 0.25) is 0 Å². The zero-order chi connectivity index (χ0) is 8.20. The highest BCUT2D eigenvalue weighted by molar-refractivity contribution is 6.42. The van der Waals surface area contributed by atoms with Gasteiger partial charge in [-0.25, -0.2) is 4.79 Å². The minimum absolute atomic E-state index is 0.175. The van der Waals surface area contributed by atoms with E-state index in [0.717, 1.165) is 6.21 Å². The first-order valence-corrected chi connectivity index (χ1v) is 3.05. The summed E-state index contributed by atoms with van der Waals surface area (Å²) in [4.78, 5) is 8.75. The van der Waals surface area contributed by atoms with Gasteiger partial charge in [0.25, 0.3) is 0 Å². The highest BCUT2D eigenvalue weighted by Gasteiger charge is 2.32. The predicted molar refractivity (Wildman–Crippen MR) is 36.8 cm³/mol. The molecule has 0 bridgehead atoms. The Morgan fingerprint density at radius 2 is 2.40 bits per heavy atom. The summed E-state index contributed by atoms with van der Waals surface area (Å²) in [5.41, 5.74) is 0. The van der Waals surface area contributed by atoms with Gasteiger partial charge in [0.05, 0.1) is 6.21 Å². The number of nitrogens with zero attached hydrogens (tertiary/aromatic N) is 1. The Balaban J connectivity index is 4.38. The van der Waals surface area contributed by atoms with Gasteiger partial charge in [-0.2, -0.15) is 0 Å². The Bertz CT molecular complexity index is 159. The first-order valence-electron chi connectivity index (χ1n) is 2.67. The molecule has 0 fully saturated rings. The SMILES string of the molecule is CCC(Cl)(/C=N\O)C(=O)O. The van der Waals surface area contributed by atoms with Gasteiger partial charge >= 0.3 is 5.97 Å². The number of alkyl halides is 1. The maximum Gasteiger partial charge on any atom is 0.330 e. The first-order chi connectivity index (χ1) is 4.56. The number of carbonyl (C=O) groups is 1. The van der Waals surface area contributed by atoms with Crippen LogP contribution in [-0.4, -0.2) is 27.4 Å². The molecule has 0 amide bonds. The molecule has 0 aromatic carbocycles. The summed E-state index contributed by atoms with van der Waals surface area (Å²) in [6.07, 6.45) is 0.963. The van der Waals surface area contributed by atoms with Crippen LogP contribution in [0.3, 0.4) is 0 Å². The largest absolute Gasteiger partial charge is 0.480 e. The molecule has 1 atom stereocenters. The molecular formula is C5H8ClNO3. The molecule has 1 unspecified atom stereocenters. The predicted octanol–water partition coefficient (Wildman–Crippen LogP) is 0.919. The number of hydrogen-bond acceptors (Lipinski definition) is 3. The Hall–Kier alpha value is -0.770. The van der Waals surface area contributed by atoms with E-state index in [9.17, 15) is 4.79 Å². The van der Waals surface area contributed by atoms with Crippen molar-refractivity contribution in [2.45, 2.75) is 18.2 Å². The quantitative estimate of drug-likeness (QED) is 0.283. The summed E-state index contributed by atoms with van der Waals surface area (Å²) < 4.78 is 0. The smallest absolute Gasteiger partial charge is 0.330 e. The van der Waals surface area contributed by atoms with E-state index < -0.39 is 10.8 Å². The Labute approximate surface area is 63.1 Å². The van der Waals surface area contributed by atoms with Crippen molar-refractivity contribution in [2.24, 2.45) is 5.16 Å². The highest BCUT2D eigenvalue weighted by atomic mass is 35.5. The monoisotopic (exact) mass is 165 g/mol. The summed E-state index contributed by atoms with van der Waals surface area (Å²) >= 11 is 5.45. The zero-order valence-electron chi connectivity index (χ0n) is 5.41. The van der Waals surface area contributed by atoms with Crippen LogP contribution in [0.15, 0.2) is 5.16 Å². The summed E-state index contributed by atoms with van der Waals surface area (Å²) in [5.74, 6) is -1.21. The lowest BCUT2D eigenvalue weighted by molar-refractivity contribution is -0.138. The molecule has 0 spiro atoms. The van der Waals surface area contributed by atoms with Gasteiger partial charge < -0.3 is 10.3 Å². The lowest BCUT2D eigenvalue weighted by atomic mass is 10.1. The average molecular weight is 166 g/mol. The van der Waals surface area contributed by atoms with Crippen LogP contribution in [0, 0.1) is 0 Å². The lowest BCUT2D eigenvalue weighted by Gasteiger charge is -2.12. The molecule has 0 aromatic heterocycles. The van der Waals surface area contributed by atoms with Gasteiger partial charge in [-0.1, -0.05) is 12.1 Å². The van der Waals surface area contributed by atoms with E-state index in [1.165, 1.54) is 0 Å². The van der Waals surface area contributed by atoms with Crippen LogP contribution in [0.2, 0.25) is 0 Å². The van der Waals surface area contributed by atoms with Gasteiger partial charge in [-0.3, -0.25) is 0 Å². The first kappa shape index (κ1) is 9.23. The van der Waals surface area contributed by atoms with Crippen molar-refractivity contribution in [2.75, 3.05) is 0 Å². The van der Waals surface area contributed by atoms with Crippen LogP contribution in [0.1, 0.15) is 13.3 Å². The van der Waals surface area contributed by atoms with Gasteiger partial charge in [0.1, 0.15) is 0 Å². The van der Waals surface area contributed by atoms with Crippen LogP contribution in [-0.2, 0) is 4.79 Å². The maximum absolute atomic E-state index is 10.3. The van der Waals surface area contributed by atoms with Gasteiger partial charge in [-0.05, 0) is 6.42 Å². The molecule has 0 aromatic rings. The van der Waals surface area contributed by atoms with Crippen molar-refractivity contribution in [1.82, 2.24) is 0 Å². The maximum atomic E-state index is 10.3. The third-order valence-corrected chi connectivity index (χ3v) is 1.66. The van der Waals surface area contributed by atoms with Crippen molar-refractivity contribution in [1.29, 1.82) is 0 Å². The van der Waals surface area contributed by atoms with Crippen LogP contribution in [0.5, 0.6) is 0 Å². The van der Waals surface area contributed by atoms with Crippen LogP contribution in [0.4, 0.5) is 0 Å². The highest BCUT2D eigenvalue weighted by Crippen LogP contribution is 2.16. The fourth-order valence-corrected chi connectivity index (χ4v) is 0.433. The molecule has 0 aliphatic heterocycles. The fraction of sp³-hybridized carbons (Fsp3) is 0.600. The summed E-state index contributed by atoms with van der Waals surface area (Å²) in [5, 5.41) is 19.0. The van der Waals surface area contributed by atoms with Crippen LogP contribution >= 0.6 is 11.6 Å². The second kappa shape index (κ2) is 3.41. The number of halogens is 1. The topological polar surface area (TPSA) is 69.9 Å². The minimum atomic E-state index is -1.56. The molecule has 58 valence electrons. The number of carboxylic acids is 1. The van der Waals surface area contributed by atoms with Gasteiger partial charge in [0, 0.05) is 0 Å². The third-order valence-electron chi connectivity index (χ3n) is 1.13. The molecule has 0 saturated carbocycles. The molecule has 0 heterocycles. The van der Waals surface area contributed by atoms with Crippen molar-refractivity contribution in [3.63, 3.8) is 0 Å². The van der Waals surface area contributed by atoms with E-state index in [4.69, 9.17) is 21.9 Å². The standard InChI is InChI=1S/C5H8ClNO3/c1-2-5(6,3-7-10)4(8)9/h3,10H,2H2,1H3,(H,8,9)/b7-3-. The molecule has 10 heavy (non-hydrogen) atoms. The molecule has 0 aliphatic carbocycles. The Morgan fingerprint density at radius 3 is 2.50 bits per heavy atom. The minimum Gasteiger partial charge on any atom is -0.480 e. The summed E-state index contributed by atoms with van der Waals surface area (Å²) in [6, 6.07) is 0. The van der Waals surface area contributed by atoms with Crippen molar-refractivity contribution >= 4 is 23.8 Å². The lowest BCUT2D eigenvalue weighted by Crippen LogP contribution is -2.33. The van der Waals surface area contributed by atoms with E-state index in [-0.39, 0.29) is 6.42 Å². The molecule has 0 aliphatic rings. The Morgan fingerprint density at radius 1 is 1.90 bits per heavy atom. The zero-order valence-corrected chi connectivity index (χ0v) is 6.17. The van der Waals surface area contributed by atoms with E-state index >= 15 is 0 Å². The van der Waals surface area contributed by atoms with E-state index in [1.807, 2.05) is 0 Å².